The summed E-state index contributed by atoms with van der Waals surface area (Å²) in [4.78, 5) is 21.5. The van der Waals surface area contributed by atoms with Gasteiger partial charge in [0.1, 0.15) is 5.69 Å². The Bertz CT molecular complexity index is 743. The number of H-pyrrole nitrogens is 2. The fourth-order valence-corrected chi connectivity index (χ4v) is 2.70. The second-order valence-electron chi connectivity index (χ2n) is 4.82. The third-order valence-electron chi connectivity index (χ3n) is 3.15. The zero-order chi connectivity index (χ0) is 14.8. The summed E-state index contributed by atoms with van der Waals surface area (Å²) >= 11 is 1.60. The Kier molecular flexibility index (Phi) is 3.57. The molecule has 0 aliphatic rings. The van der Waals surface area contributed by atoms with E-state index < -0.39 is 0 Å². The van der Waals surface area contributed by atoms with Crippen molar-refractivity contribution in [1.82, 2.24) is 25.1 Å². The molecule has 108 valence electrons. The molecule has 0 aliphatic carbocycles. The lowest BCUT2D eigenvalue weighted by Gasteiger charge is -2.14. The summed E-state index contributed by atoms with van der Waals surface area (Å²) < 4.78 is 0. The van der Waals surface area contributed by atoms with E-state index in [4.69, 9.17) is 0 Å². The van der Waals surface area contributed by atoms with Crippen LogP contribution in [0, 0.1) is 6.92 Å². The van der Waals surface area contributed by atoms with Gasteiger partial charge in [0.15, 0.2) is 0 Å². The van der Waals surface area contributed by atoms with Crippen LogP contribution in [0.2, 0.25) is 0 Å². The molecule has 0 saturated heterocycles. The monoisotopic (exact) mass is 301 g/mol. The van der Waals surface area contributed by atoms with Crippen molar-refractivity contribution in [2.75, 3.05) is 7.05 Å². The molecule has 3 aromatic rings. The van der Waals surface area contributed by atoms with Gasteiger partial charge in [-0.3, -0.25) is 9.89 Å². The zero-order valence-electron chi connectivity index (χ0n) is 11.8. The maximum absolute atomic E-state index is 12.4. The molecular formula is C14H15N5OS. The maximum Gasteiger partial charge on any atom is 0.270 e. The van der Waals surface area contributed by atoms with Gasteiger partial charge in [-0.1, -0.05) is 0 Å². The van der Waals surface area contributed by atoms with Gasteiger partial charge in [-0.25, -0.2) is 4.98 Å². The van der Waals surface area contributed by atoms with Crippen LogP contribution in [0.25, 0.3) is 11.3 Å². The van der Waals surface area contributed by atoms with Crippen molar-refractivity contribution in [2.45, 2.75) is 13.5 Å². The van der Waals surface area contributed by atoms with E-state index >= 15 is 0 Å². The third-order valence-corrected chi connectivity index (χ3v) is 3.92. The lowest BCUT2D eigenvalue weighted by Crippen LogP contribution is -2.26. The van der Waals surface area contributed by atoms with Crippen LogP contribution in [0.15, 0.2) is 30.0 Å². The normalized spacial score (nSPS) is 10.8. The van der Waals surface area contributed by atoms with Crippen LogP contribution in [-0.2, 0) is 6.54 Å². The zero-order valence-corrected chi connectivity index (χ0v) is 12.6. The Morgan fingerprint density at radius 1 is 1.43 bits per heavy atom. The smallest absolute Gasteiger partial charge is 0.270 e. The number of carbonyl (C=O) groups excluding carboxylic acids is 1. The number of thiazole rings is 1. The highest BCUT2D eigenvalue weighted by Crippen LogP contribution is 2.22. The van der Waals surface area contributed by atoms with Gasteiger partial charge in [-0.15, -0.1) is 11.3 Å². The number of hydrogen-bond donors (Lipinski definition) is 2. The molecule has 0 atom stereocenters. The predicted octanol–water partition coefficient (Wildman–Crippen LogP) is 2.44. The van der Waals surface area contributed by atoms with Gasteiger partial charge < -0.3 is 9.88 Å². The summed E-state index contributed by atoms with van der Waals surface area (Å²) in [6.45, 7) is 2.48. The second kappa shape index (κ2) is 5.53. The van der Waals surface area contributed by atoms with Crippen LogP contribution in [-0.4, -0.2) is 38.0 Å². The molecule has 3 heterocycles. The molecule has 0 aliphatic heterocycles. The minimum absolute atomic E-state index is 0.0607. The summed E-state index contributed by atoms with van der Waals surface area (Å²) in [6, 6.07) is 1.84. The number of nitrogens with one attached hydrogen (secondary N) is 2. The molecule has 0 bridgehead atoms. The molecule has 0 fully saturated rings. The molecular weight excluding hydrogens is 286 g/mol. The average Bonchev–Trinajstić information content (AvgIpc) is 3.17. The van der Waals surface area contributed by atoms with E-state index in [0.29, 0.717) is 12.2 Å². The molecule has 0 unspecified atom stereocenters. The van der Waals surface area contributed by atoms with Crippen molar-refractivity contribution < 1.29 is 4.79 Å². The molecule has 7 heteroatoms. The number of nitrogens with zero attached hydrogens (tertiary/aromatic N) is 3. The van der Waals surface area contributed by atoms with Gasteiger partial charge in [0.2, 0.25) is 0 Å². The summed E-state index contributed by atoms with van der Waals surface area (Å²) in [5.41, 5.74) is 3.35. The van der Waals surface area contributed by atoms with E-state index in [9.17, 15) is 4.79 Å². The Balaban J connectivity index is 1.74. The van der Waals surface area contributed by atoms with Crippen LogP contribution in [0.3, 0.4) is 0 Å². The van der Waals surface area contributed by atoms with Crippen molar-refractivity contribution in [2.24, 2.45) is 0 Å². The van der Waals surface area contributed by atoms with Gasteiger partial charge in [-0.2, -0.15) is 5.10 Å². The van der Waals surface area contributed by atoms with Gasteiger partial charge in [0.05, 0.1) is 16.9 Å². The van der Waals surface area contributed by atoms with Crippen LogP contribution in [0.1, 0.15) is 21.1 Å². The first-order valence-electron chi connectivity index (χ1n) is 6.47. The third kappa shape index (κ3) is 2.87. The Morgan fingerprint density at radius 3 is 2.95 bits per heavy atom. The highest BCUT2D eigenvalue weighted by atomic mass is 32.1. The van der Waals surface area contributed by atoms with Crippen LogP contribution < -0.4 is 0 Å². The fraction of sp³-hybridized carbons (Fsp3) is 0.214. The number of carbonyl (C=O) groups is 1. The van der Waals surface area contributed by atoms with E-state index in [0.717, 1.165) is 21.8 Å². The van der Waals surface area contributed by atoms with Crippen molar-refractivity contribution >= 4 is 17.2 Å². The van der Waals surface area contributed by atoms with Gasteiger partial charge >= 0.3 is 0 Å². The van der Waals surface area contributed by atoms with E-state index in [2.05, 4.69) is 20.2 Å². The van der Waals surface area contributed by atoms with Crippen molar-refractivity contribution in [1.29, 1.82) is 0 Å². The number of aromatic amines is 2. The minimum Gasteiger partial charge on any atom is -0.357 e. The molecule has 0 aromatic carbocycles. The first-order chi connectivity index (χ1) is 10.1. The quantitative estimate of drug-likeness (QED) is 0.777. The summed E-state index contributed by atoms with van der Waals surface area (Å²) in [7, 11) is 1.77. The number of hydrogen-bond acceptors (Lipinski definition) is 4. The lowest BCUT2D eigenvalue weighted by atomic mass is 10.2. The van der Waals surface area contributed by atoms with E-state index in [-0.39, 0.29) is 5.91 Å². The van der Waals surface area contributed by atoms with E-state index in [1.807, 2.05) is 24.6 Å². The van der Waals surface area contributed by atoms with E-state index in [1.165, 1.54) is 0 Å². The number of amides is 1. The summed E-state index contributed by atoms with van der Waals surface area (Å²) in [5.74, 6) is -0.0607. The van der Waals surface area contributed by atoms with Crippen LogP contribution >= 0.6 is 11.3 Å². The SMILES string of the molecule is Cc1nc(-c2c[nH]c(C(=O)N(C)Cc3cn[nH]c3)c2)cs1. The van der Waals surface area contributed by atoms with Gasteiger partial charge in [-0.05, 0) is 13.0 Å². The number of rotatable bonds is 4. The first kappa shape index (κ1) is 13.6. The Morgan fingerprint density at radius 2 is 2.29 bits per heavy atom. The lowest BCUT2D eigenvalue weighted by molar-refractivity contribution is 0.0780. The average molecular weight is 301 g/mol. The number of aryl methyl sites for hydroxylation is 1. The van der Waals surface area contributed by atoms with Gasteiger partial charge in [0.25, 0.3) is 5.91 Å². The van der Waals surface area contributed by atoms with Crippen LogP contribution in [0.5, 0.6) is 0 Å². The summed E-state index contributed by atoms with van der Waals surface area (Å²) in [6.07, 6.45) is 5.30. The molecule has 6 nitrogen and oxygen atoms in total. The van der Waals surface area contributed by atoms with Crippen molar-refractivity contribution in [3.8, 4) is 11.3 Å². The highest BCUT2D eigenvalue weighted by Gasteiger charge is 2.15. The maximum atomic E-state index is 12.4. The largest absolute Gasteiger partial charge is 0.357 e. The van der Waals surface area contributed by atoms with Gasteiger partial charge in [0, 0.05) is 42.5 Å². The highest BCUT2D eigenvalue weighted by molar-refractivity contribution is 7.09. The van der Waals surface area contributed by atoms with Crippen molar-refractivity contribution in [3.05, 3.63) is 46.3 Å². The molecule has 2 N–H and O–H groups in total. The molecule has 0 spiro atoms. The van der Waals surface area contributed by atoms with Crippen molar-refractivity contribution in [3.63, 3.8) is 0 Å². The van der Waals surface area contributed by atoms with E-state index in [1.54, 1.807) is 35.7 Å². The molecule has 0 saturated carbocycles. The standard InChI is InChI=1S/C14H15N5OS/c1-9-18-13(8-21-9)11-3-12(15-6-11)14(20)19(2)7-10-4-16-17-5-10/h3-6,8,15H,7H2,1-2H3,(H,16,17). The fourth-order valence-electron chi connectivity index (χ4n) is 2.08. The number of aromatic nitrogens is 4. The van der Waals surface area contributed by atoms with Crippen LogP contribution in [0.4, 0.5) is 0 Å². The minimum atomic E-state index is -0.0607. The Labute approximate surface area is 125 Å². The molecule has 1 amide bonds. The molecule has 0 radical (unpaired) electrons. The molecule has 3 rings (SSSR count). The topological polar surface area (TPSA) is 77.7 Å². The molecule has 3 aromatic heterocycles. The predicted molar refractivity (Wildman–Crippen MR) is 81.0 cm³/mol. The molecule has 21 heavy (non-hydrogen) atoms. The first-order valence-corrected chi connectivity index (χ1v) is 7.35. The summed E-state index contributed by atoms with van der Waals surface area (Å²) in [5, 5.41) is 9.61. The Hall–Kier alpha value is -2.41. The second-order valence-corrected chi connectivity index (χ2v) is 5.88.